The molecule has 2 N–H and O–H groups in total. The van der Waals surface area contributed by atoms with Crippen LogP contribution < -0.4 is 20.1 Å². The second-order valence-corrected chi connectivity index (χ2v) is 9.88. The second-order valence-electron chi connectivity index (χ2n) is 7.53. The Labute approximate surface area is 193 Å². The molecule has 10 heteroatoms. The Kier molecular flexibility index (Phi) is 7.86. The summed E-state index contributed by atoms with van der Waals surface area (Å²) in [6, 6.07) is 8.90. The minimum atomic E-state index is -3.59. The van der Waals surface area contributed by atoms with E-state index in [0.29, 0.717) is 41.0 Å². The van der Waals surface area contributed by atoms with Gasteiger partial charge in [-0.05, 0) is 44.0 Å². The maximum absolute atomic E-state index is 12.9. The smallest absolute Gasteiger partial charge is 0.246 e. The van der Waals surface area contributed by atoms with Gasteiger partial charge in [0.2, 0.25) is 15.9 Å². The maximum Gasteiger partial charge on any atom is 0.246 e. The molecule has 1 atom stereocenters. The number of benzene rings is 2. The third-order valence-corrected chi connectivity index (χ3v) is 7.48. The highest BCUT2D eigenvalue weighted by Gasteiger charge is 2.26. The fourth-order valence-electron chi connectivity index (χ4n) is 3.51. The number of nitrogens with one attached hydrogen (secondary N) is 2. The fourth-order valence-corrected chi connectivity index (χ4v) is 5.32. The first kappa shape index (κ1) is 24.2. The average molecular weight is 482 g/mol. The molecule has 174 valence electrons. The predicted molar refractivity (Wildman–Crippen MR) is 125 cm³/mol. The Morgan fingerprint density at radius 1 is 1.06 bits per heavy atom. The second kappa shape index (κ2) is 10.4. The molecule has 1 aliphatic rings. The van der Waals surface area contributed by atoms with E-state index in [1.807, 2.05) is 0 Å². The number of piperidine rings is 1. The van der Waals surface area contributed by atoms with E-state index in [9.17, 15) is 13.2 Å². The van der Waals surface area contributed by atoms with Crippen LogP contribution in [0.2, 0.25) is 5.02 Å². The van der Waals surface area contributed by atoms with Gasteiger partial charge in [-0.3, -0.25) is 4.79 Å². The van der Waals surface area contributed by atoms with Gasteiger partial charge >= 0.3 is 0 Å². The third-order valence-electron chi connectivity index (χ3n) is 5.29. The number of carbonyl (C=O) groups is 1. The van der Waals surface area contributed by atoms with Crippen LogP contribution in [-0.2, 0) is 14.8 Å². The lowest BCUT2D eigenvalue weighted by atomic mass is 10.2. The Morgan fingerprint density at radius 2 is 1.75 bits per heavy atom. The highest BCUT2D eigenvalue weighted by atomic mass is 35.5. The molecule has 1 saturated heterocycles. The molecular formula is C22H28ClN3O5S. The number of sulfonamides is 1. The SMILES string of the molecule is COc1cc(OC)c(NC(C)C(=O)Nc2cccc(S(=O)(=O)N3CCCCC3)c2)cc1Cl. The molecule has 0 saturated carbocycles. The Morgan fingerprint density at radius 3 is 2.41 bits per heavy atom. The normalized spacial score (nSPS) is 15.6. The Balaban J connectivity index is 1.72. The predicted octanol–water partition coefficient (Wildman–Crippen LogP) is 3.97. The molecule has 1 aliphatic heterocycles. The zero-order chi connectivity index (χ0) is 23.3. The highest BCUT2D eigenvalue weighted by molar-refractivity contribution is 7.89. The Hall–Kier alpha value is -2.49. The van der Waals surface area contributed by atoms with Gasteiger partial charge in [-0.25, -0.2) is 8.42 Å². The van der Waals surface area contributed by atoms with Gasteiger partial charge in [0, 0.05) is 24.8 Å². The number of hydrogen-bond donors (Lipinski definition) is 2. The van der Waals surface area contributed by atoms with Crippen LogP contribution in [-0.4, -0.2) is 52.0 Å². The van der Waals surface area contributed by atoms with Crippen LogP contribution in [0.5, 0.6) is 11.5 Å². The summed E-state index contributed by atoms with van der Waals surface area (Å²) in [5.74, 6) is 0.588. The molecule has 1 unspecified atom stereocenters. The summed E-state index contributed by atoms with van der Waals surface area (Å²) in [4.78, 5) is 12.9. The van der Waals surface area contributed by atoms with Gasteiger partial charge in [-0.1, -0.05) is 24.1 Å². The number of rotatable bonds is 8. The molecule has 8 nitrogen and oxygen atoms in total. The van der Waals surface area contributed by atoms with E-state index in [1.165, 1.54) is 24.6 Å². The molecule has 3 rings (SSSR count). The van der Waals surface area contributed by atoms with Crippen molar-refractivity contribution in [1.82, 2.24) is 4.31 Å². The number of ether oxygens (including phenoxy) is 2. The number of nitrogens with zero attached hydrogens (tertiary/aromatic N) is 1. The number of anilines is 2. The first-order valence-electron chi connectivity index (χ1n) is 10.4. The van der Waals surface area contributed by atoms with Gasteiger partial charge in [0.25, 0.3) is 0 Å². The molecule has 0 aromatic heterocycles. The van der Waals surface area contributed by atoms with Crippen molar-refractivity contribution in [1.29, 1.82) is 0 Å². The third kappa shape index (κ3) is 5.46. The number of hydrogen-bond acceptors (Lipinski definition) is 6. The average Bonchev–Trinajstić information content (AvgIpc) is 2.80. The van der Waals surface area contributed by atoms with Gasteiger partial charge in [-0.2, -0.15) is 4.31 Å². The molecule has 0 bridgehead atoms. The van der Waals surface area contributed by atoms with Crippen LogP contribution in [0.15, 0.2) is 41.3 Å². The summed E-state index contributed by atoms with van der Waals surface area (Å²) in [5.41, 5.74) is 0.934. The van der Waals surface area contributed by atoms with Crippen molar-refractivity contribution in [3.05, 3.63) is 41.4 Å². The lowest BCUT2D eigenvalue weighted by Crippen LogP contribution is -2.35. The van der Waals surface area contributed by atoms with Crippen LogP contribution in [0, 0.1) is 0 Å². The van der Waals surface area contributed by atoms with Crippen molar-refractivity contribution in [2.75, 3.05) is 37.9 Å². The summed E-state index contributed by atoms with van der Waals surface area (Å²) in [5, 5.41) is 6.21. The van der Waals surface area contributed by atoms with Gasteiger partial charge in [0.05, 0.1) is 29.8 Å². The van der Waals surface area contributed by atoms with E-state index in [1.54, 1.807) is 37.3 Å². The molecule has 1 amide bonds. The molecule has 1 heterocycles. The molecule has 0 aliphatic carbocycles. The molecular weight excluding hydrogens is 454 g/mol. The minimum Gasteiger partial charge on any atom is -0.495 e. The number of methoxy groups -OCH3 is 2. The van der Waals surface area contributed by atoms with Crippen LogP contribution in [0.4, 0.5) is 11.4 Å². The largest absolute Gasteiger partial charge is 0.495 e. The summed E-state index contributed by atoms with van der Waals surface area (Å²) < 4.78 is 37.9. The van der Waals surface area contributed by atoms with E-state index >= 15 is 0 Å². The van der Waals surface area contributed by atoms with Gasteiger partial charge < -0.3 is 20.1 Å². The molecule has 32 heavy (non-hydrogen) atoms. The first-order chi connectivity index (χ1) is 15.3. The first-order valence-corrected chi connectivity index (χ1v) is 12.2. The van der Waals surface area contributed by atoms with Crippen LogP contribution in [0.3, 0.4) is 0 Å². The van der Waals surface area contributed by atoms with Gasteiger partial charge in [0.1, 0.15) is 17.5 Å². The summed E-state index contributed by atoms with van der Waals surface area (Å²) >= 11 is 6.19. The van der Waals surface area contributed by atoms with Gasteiger partial charge in [0.15, 0.2) is 0 Å². The summed E-state index contributed by atoms with van der Waals surface area (Å²) in [6.07, 6.45) is 2.76. The van der Waals surface area contributed by atoms with Crippen molar-refractivity contribution in [2.24, 2.45) is 0 Å². The van der Waals surface area contributed by atoms with E-state index in [2.05, 4.69) is 10.6 Å². The van der Waals surface area contributed by atoms with E-state index in [0.717, 1.165) is 19.3 Å². The quantitative estimate of drug-likeness (QED) is 0.592. The number of halogens is 1. The molecule has 0 radical (unpaired) electrons. The number of amides is 1. The lowest BCUT2D eigenvalue weighted by Gasteiger charge is -2.26. The van der Waals surface area contributed by atoms with Crippen LogP contribution in [0.1, 0.15) is 26.2 Å². The molecule has 2 aromatic carbocycles. The van der Waals surface area contributed by atoms with Crippen molar-refractivity contribution in [2.45, 2.75) is 37.1 Å². The van der Waals surface area contributed by atoms with E-state index in [-0.39, 0.29) is 10.8 Å². The highest BCUT2D eigenvalue weighted by Crippen LogP contribution is 2.36. The van der Waals surface area contributed by atoms with Crippen molar-refractivity contribution in [3.63, 3.8) is 0 Å². The van der Waals surface area contributed by atoms with Crippen molar-refractivity contribution >= 4 is 38.9 Å². The molecule has 1 fully saturated rings. The number of carbonyl (C=O) groups excluding carboxylic acids is 1. The van der Waals surface area contributed by atoms with E-state index in [4.69, 9.17) is 21.1 Å². The molecule has 2 aromatic rings. The van der Waals surface area contributed by atoms with E-state index < -0.39 is 16.1 Å². The topological polar surface area (TPSA) is 97.0 Å². The fraction of sp³-hybridized carbons (Fsp3) is 0.409. The summed E-state index contributed by atoms with van der Waals surface area (Å²) in [7, 11) is -0.576. The zero-order valence-corrected chi connectivity index (χ0v) is 19.9. The monoisotopic (exact) mass is 481 g/mol. The van der Waals surface area contributed by atoms with Gasteiger partial charge in [-0.15, -0.1) is 0 Å². The van der Waals surface area contributed by atoms with Crippen LogP contribution >= 0.6 is 11.6 Å². The minimum absolute atomic E-state index is 0.168. The maximum atomic E-state index is 12.9. The zero-order valence-electron chi connectivity index (χ0n) is 18.4. The lowest BCUT2D eigenvalue weighted by molar-refractivity contribution is -0.116. The van der Waals surface area contributed by atoms with Crippen molar-refractivity contribution in [3.8, 4) is 11.5 Å². The summed E-state index contributed by atoms with van der Waals surface area (Å²) in [6.45, 7) is 2.72. The van der Waals surface area contributed by atoms with Crippen LogP contribution in [0.25, 0.3) is 0 Å². The Bertz CT molecular complexity index is 1070. The van der Waals surface area contributed by atoms with Crippen molar-refractivity contribution < 1.29 is 22.7 Å². The molecule has 0 spiro atoms. The standard InChI is InChI=1S/C22H28ClN3O5S/c1-15(24-19-13-18(23)20(30-2)14-21(19)31-3)22(27)25-16-8-7-9-17(12-16)32(28,29)26-10-5-4-6-11-26/h7-9,12-15,24H,4-6,10-11H2,1-3H3,(H,25,27).